The van der Waals surface area contributed by atoms with Crippen LogP contribution in [0.2, 0.25) is 0 Å². The number of hydrogen-bond acceptors (Lipinski definition) is 14. The van der Waals surface area contributed by atoms with Crippen molar-refractivity contribution in [3.05, 3.63) is 48.5 Å². The van der Waals surface area contributed by atoms with Crippen LogP contribution in [0.15, 0.2) is 48.5 Å². The Bertz CT molecular complexity index is 912. The minimum Gasteiger partial charge on any atom is -0.508 e. The normalized spacial score (nSPS) is 17.7. The summed E-state index contributed by atoms with van der Waals surface area (Å²) in [5.41, 5.74) is 1.38. The van der Waals surface area contributed by atoms with Crippen LogP contribution < -0.4 is 37.2 Å². The molecule has 2 amide bonds. The highest BCUT2D eigenvalue weighted by Gasteiger charge is 1.97. The zero-order valence-electron chi connectivity index (χ0n) is 31.0. The smallest absolute Gasteiger partial charge is 0.221 e. The number of amides is 2. The molecule has 0 aliphatic carbocycles. The molecular weight excluding hydrogens is 674 g/mol. The molecule has 5 fully saturated rings. The van der Waals surface area contributed by atoms with Gasteiger partial charge in [-0.1, -0.05) is 0 Å². The van der Waals surface area contributed by atoms with Gasteiger partial charge in [0.15, 0.2) is 0 Å². The third-order valence-electron chi connectivity index (χ3n) is 6.61. The molecule has 2 aromatic carbocycles. The van der Waals surface area contributed by atoms with Crippen LogP contribution in [-0.2, 0) is 33.3 Å². The number of aromatic hydroxyl groups is 2. The van der Waals surface area contributed by atoms with Crippen LogP contribution in [0, 0.1) is 0 Å². The number of rotatable bonds is 2. The molecule has 0 spiro atoms. The molecule has 5 heterocycles. The fourth-order valence-corrected chi connectivity index (χ4v) is 4.07. The number of carbonyl (C=O) groups excluding carboxylic acids is 2. The van der Waals surface area contributed by atoms with Crippen LogP contribution in [0.4, 0.5) is 11.4 Å². The number of phenolic OH excluding ortho intramolecular Hbond substituents is 2. The monoisotopic (exact) mass is 737 g/mol. The molecule has 5 saturated heterocycles. The highest BCUT2D eigenvalue weighted by molar-refractivity contribution is 5.89. The number of phenols is 2. The lowest BCUT2D eigenvalue weighted by molar-refractivity contribution is -0.115. The predicted octanol–water partition coefficient (Wildman–Crippen LogP) is 0.732. The molecule has 7 rings (SSSR count). The lowest BCUT2D eigenvalue weighted by Gasteiger charge is -2.10. The van der Waals surface area contributed by atoms with Gasteiger partial charge in [-0.2, -0.15) is 0 Å². The third-order valence-corrected chi connectivity index (χ3v) is 6.61. The van der Waals surface area contributed by atoms with Crippen LogP contribution in [0.3, 0.4) is 0 Å². The molecular formula is C36H63N7O9. The van der Waals surface area contributed by atoms with Crippen LogP contribution in [0.25, 0.3) is 0 Å². The van der Waals surface area contributed by atoms with Crippen molar-refractivity contribution >= 4 is 23.2 Å². The van der Waals surface area contributed by atoms with Crippen LogP contribution in [0.1, 0.15) is 13.8 Å². The average Bonchev–Trinajstić information content (AvgIpc) is 3.21. The Balaban J connectivity index is 0.000000309. The van der Waals surface area contributed by atoms with E-state index in [1.54, 1.807) is 24.3 Å². The maximum absolute atomic E-state index is 10.5. The molecule has 0 atom stereocenters. The lowest BCUT2D eigenvalue weighted by Crippen LogP contribution is -2.30. The molecule has 9 N–H and O–H groups in total. The van der Waals surface area contributed by atoms with Gasteiger partial charge in [0.05, 0.1) is 66.1 Å². The minimum absolute atomic E-state index is 0.115. The van der Waals surface area contributed by atoms with E-state index in [2.05, 4.69) is 37.2 Å². The van der Waals surface area contributed by atoms with E-state index in [4.69, 9.17) is 33.9 Å². The Morgan fingerprint density at radius 3 is 0.731 bits per heavy atom. The first-order valence-electron chi connectivity index (χ1n) is 17.9. The van der Waals surface area contributed by atoms with E-state index in [0.717, 1.165) is 132 Å². The van der Waals surface area contributed by atoms with Gasteiger partial charge in [-0.25, -0.2) is 0 Å². The van der Waals surface area contributed by atoms with Crippen molar-refractivity contribution in [2.75, 3.05) is 142 Å². The Morgan fingerprint density at radius 2 is 0.615 bits per heavy atom. The van der Waals surface area contributed by atoms with E-state index in [-0.39, 0.29) is 23.3 Å². The SMILES string of the molecule is C1COCCN1.C1COCCN1.C1COCCN1.C1COCCN1.C1COCCN1.CC(=O)Nc1ccc(O)cc1.CC(=O)Nc1ccc(O)cc1. The summed E-state index contributed by atoms with van der Waals surface area (Å²) in [6, 6.07) is 12.6. The Hall–Kier alpha value is -3.42. The second-order valence-electron chi connectivity index (χ2n) is 11.3. The lowest BCUT2D eigenvalue weighted by atomic mass is 10.3. The zero-order valence-corrected chi connectivity index (χ0v) is 31.0. The predicted molar refractivity (Wildman–Crippen MR) is 203 cm³/mol. The topological polar surface area (TPSA) is 205 Å². The summed E-state index contributed by atoms with van der Waals surface area (Å²) in [5.74, 6) is 0.157. The fourth-order valence-electron chi connectivity index (χ4n) is 4.07. The zero-order chi connectivity index (χ0) is 37.7. The standard InChI is InChI=1S/2C8H9NO2.5C4H9NO/c2*1-6(10)9-7-2-4-8(11)5-3-7;5*1-3-6-4-2-5-1/h2*2-5,11H,1H3,(H,9,10);5*5H,1-4H2. The molecule has 16 heteroatoms. The summed E-state index contributed by atoms with van der Waals surface area (Å²) in [6.45, 7) is 22.0. The number of carbonyl (C=O) groups is 2. The highest BCUT2D eigenvalue weighted by atomic mass is 16.5. The summed E-state index contributed by atoms with van der Waals surface area (Å²) in [7, 11) is 0. The van der Waals surface area contributed by atoms with Crippen molar-refractivity contribution in [1.82, 2.24) is 26.6 Å². The van der Waals surface area contributed by atoms with Crippen molar-refractivity contribution in [1.29, 1.82) is 0 Å². The molecule has 0 aromatic heterocycles. The number of nitrogens with one attached hydrogen (secondary N) is 7. The van der Waals surface area contributed by atoms with E-state index in [1.807, 2.05) is 0 Å². The maximum atomic E-state index is 10.5. The van der Waals surface area contributed by atoms with Gasteiger partial charge in [-0.3, -0.25) is 9.59 Å². The van der Waals surface area contributed by atoms with Crippen molar-refractivity contribution in [3.63, 3.8) is 0 Å². The molecule has 52 heavy (non-hydrogen) atoms. The molecule has 0 radical (unpaired) electrons. The quantitative estimate of drug-likeness (QED) is 0.195. The van der Waals surface area contributed by atoms with Gasteiger partial charge in [0.2, 0.25) is 11.8 Å². The van der Waals surface area contributed by atoms with Gasteiger partial charge < -0.3 is 71.1 Å². The average molecular weight is 738 g/mol. The molecule has 0 unspecified atom stereocenters. The van der Waals surface area contributed by atoms with E-state index in [1.165, 1.54) is 38.1 Å². The molecule has 16 nitrogen and oxygen atoms in total. The van der Waals surface area contributed by atoms with Gasteiger partial charge in [0, 0.05) is 90.7 Å². The largest absolute Gasteiger partial charge is 0.508 e. The minimum atomic E-state index is -0.115. The fraction of sp³-hybridized carbons (Fsp3) is 0.611. The van der Waals surface area contributed by atoms with Gasteiger partial charge in [-0.15, -0.1) is 0 Å². The van der Waals surface area contributed by atoms with Crippen molar-refractivity contribution in [2.24, 2.45) is 0 Å². The number of anilines is 2. The van der Waals surface area contributed by atoms with E-state index >= 15 is 0 Å². The number of ether oxygens (including phenoxy) is 5. The van der Waals surface area contributed by atoms with Crippen molar-refractivity contribution < 1.29 is 43.5 Å². The van der Waals surface area contributed by atoms with Gasteiger partial charge >= 0.3 is 0 Å². The van der Waals surface area contributed by atoms with Gasteiger partial charge in [-0.05, 0) is 48.5 Å². The molecule has 0 bridgehead atoms. The molecule has 5 aliphatic heterocycles. The van der Waals surface area contributed by atoms with Crippen LogP contribution >= 0.6 is 0 Å². The highest BCUT2D eigenvalue weighted by Crippen LogP contribution is 2.14. The molecule has 2 aromatic rings. The van der Waals surface area contributed by atoms with E-state index in [9.17, 15) is 9.59 Å². The maximum Gasteiger partial charge on any atom is 0.221 e. The van der Waals surface area contributed by atoms with Crippen molar-refractivity contribution in [2.45, 2.75) is 13.8 Å². The third kappa shape index (κ3) is 32.5. The molecule has 296 valence electrons. The second kappa shape index (κ2) is 34.7. The van der Waals surface area contributed by atoms with Crippen LogP contribution in [-0.4, -0.2) is 154 Å². The van der Waals surface area contributed by atoms with E-state index in [0.29, 0.717) is 11.4 Å². The summed E-state index contributed by atoms with van der Waals surface area (Å²) in [4.78, 5) is 21.0. The first kappa shape index (κ1) is 46.6. The number of benzene rings is 2. The summed E-state index contributed by atoms with van der Waals surface area (Å²) >= 11 is 0. The van der Waals surface area contributed by atoms with Crippen molar-refractivity contribution in [3.8, 4) is 11.5 Å². The first-order valence-corrected chi connectivity index (χ1v) is 17.9. The Kier molecular flexibility index (Phi) is 31.1. The summed E-state index contributed by atoms with van der Waals surface area (Å²) in [6.07, 6.45) is 0. The number of morpholine rings is 5. The Morgan fingerprint density at radius 1 is 0.423 bits per heavy atom. The van der Waals surface area contributed by atoms with Gasteiger partial charge in [0.1, 0.15) is 11.5 Å². The molecule has 5 aliphatic rings. The first-order chi connectivity index (χ1) is 25.4. The summed E-state index contributed by atoms with van der Waals surface area (Å²) < 4.78 is 25.0. The van der Waals surface area contributed by atoms with E-state index < -0.39 is 0 Å². The molecule has 0 saturated carbocycles. The summed E-state index contributed by atoms with van der Waals surface area (Å²) in [5, 5.41) is 38.7. The second-order valence-corrected chi connectivity index (χ2v) is 11.3. The van der Waals surface area contributed by atoms with Crippen LogP contribution in [0.5, 0.6) is 11.5 Å². The Labute approximate surface area is 309 Å². The van der Waals surface area contributed by atoms with Gasteiger partial charge in [0.25, 0.3) is 0 Å². The number of hydrogen-bond donors (Lipinski definition) is 9.